The lowest BCUT2D eigenvalue weighted by Crippen LogP contribution is -2.21. The average molecular weight is 221 g/mol. The first-order valence-corrected chi connectivity index (χ1v) is 6.21. The lowest BCUT2D eigenvalue weighted by molar-refractivity contribution is 0.0655. The highest BCUT2D eigenvalue weighted by Gasteiger charge is 2.28. The Bertz CT molecular complexity index is 368. The van der Waals surface area contributed by atoms with Crippen LogP contribution < -0.4 is 5.32 Å². The summed E-state index contributed by atoms with van der Waals surface area (Å²) in [6.45, 7) is 1.77. The van der Waals surface area contributed by atoms with Crippen LogP contribution in [0.5, 0.6) is 0 Å². The minimum absolute atomic E-state index is 0.517. The summed E-state index contributed by atoms with van der Waals surface area (Å²) < 4.78 is 7.67. The molecule has 4 nitrogen and oxygen atoms in total. The molecule has 1 aromatic rings. The maximum Gasteiger partial charge on any atom is 0.0566 e. The summed E-state index contributed by atoms with van der Waals surface area (Å²) in [6.07, 6.45) is 6.65. The van der Waals surface area contributed by atoms with Gasteiger partial charge in [0.1, 0.15) is 0 Å². The first-order valence-electron chi connectivity index (χ1n) is 6.21. The van der Waals surface area contributed by atoms with Gasteiger partial charge in [0, 0.05) is 30.5 Å². The van der Waals surface area contributed by atoms with Crippen LogP contribution in [-0.4, -0.2) is 30.0 Å². The van der Waals surface area contributed by atoms with Crippen molar-refractivity contribution in [3.8, 4) is 0 Å². The van der Waals surface area contributed by atoms with Crippen molar-refractivity contribution in [3.63, 3.8) is 0 Å². The van der Waals surface area contributed by atoms with E-state index in [0.29, 0.717) is 12.1 Å². The number of nitrogens with one attached hydrogen (secondary N) is 1. The number of hydrogen-bond donors (Lipinski definition) is 1. The minimum Gasteiger partial charge on any atom is -0.381 e. The lowest BCUT2D eigenvalue weighted by Gasteiger charge is -2.23. The Morgan fingerprint density at radius 2 is 2.19 bits per heavy atom. The molecule has 0 spiro atoms. The van der Waals surface area contributed by atoms with Gasteiger partial charge >= 0.3 is 0 Å². The highest BCUT2D eigenvalue weighted by molar-refractivity contribution is 5.27. The lowest BCUT2D eigenvalue weighted by atomic mass is 10.1. The van der Waals surface area contributed by atoms with E-state index in [2.05, 4.69) is 21.3 Å². The molecule has 4 heteroatoms. The maximum absolute atomic E-state index is 5.41. The Labute approximate surface area is 96.0 Å². The molecule has 3 rings (SSSR count). The first kappa shape index (κ1) is 10.3. The Hall–Kier alpha value is -0.870. The SMILES string of the molecule is CN[C@H]1CCc2c1cnn2C1CCOCC1. The van der Waals surface area contributed by atoms with Gasteiger partial charge in [-0.2, -0.15) is 5.10 Å². The second-order valence-electron chi connectivity index (χ2n) is 4.71. The van der Waals surface area contributed by atoms with Crippen molar-refractivity contribution in [2.45, 2.75) is 37.8 Å². The highest BCUT2D eigenvalue weighted by Crippen LogP contribution is 2.33. The molecule has 1 aliphatic heterocycles. The predicted octanol–water partition coefficient (Wildman–Crippen LogP) is 1.44. The summed E-state index contributed by atoms with van der Waals surface area (Å²) in [4.78, 5) is 0. The van der Waals surface area contributed by atoms with Crippen molar-refractivity contribution >= 4 is 0 Å². The van der Waals surface area contributed by atoms with E-state index in [1.165, 1.54) is 17.7 Å². The maximum atomic E-state index is 5.41. The monoisotopic (exact) mass is 221 g/mol. The van der Waals surface area contributed by atoms with Crippen molar-refractivity contribution in [1.82, 2.24) is 15.1 Å². The average Bonchev–Trinajstić information content (AvgIpc) is 2.90. The van der Waals surface area contributed by atoms with E-state index in [-0.39, 0.29) is 0 Å². The topological polar surface area (TPSA) is 39.1 Å². The second kappa shape index (κ2) is 4.18. The normalized spacial score (nSPS) is 25.9. The summed E-state index contributed by atoms with van der Waals surface area (Å²) in [5.74, 6) is 0. The zero-order chi connectivity index (χ0) is 11.0. The van der Waals surface area contributed by atoms with E-state index in [1.54, 1.807) is 0 Å². The summed E-state index contributed by atoms with van der Waals surface area (Å²) in [5.41, 5.74) is 2.86. The molecule has 2 aliphatic rings. The fourth-order valence-electron chi connectivity index (χ4n) is 2.93. The number of ether oxygens (including phenoxy) is 1. The third kappa shape index (κ3) is 1.57. The number of hydrogen-bond acceptors (Lipinski definition) is 3. The van der Waals surface area contributed by atoms with Gasteiger partial charge in [-0.1, -0.05) is 0 Å². The van der Waals surface area contributed by atoms with E-state index >= 15 is 0 Å². The number of fused-ring (bicyclic) bond motifs is 1. The molecule has 0 unspecified atom stereocenters. The number of rotatable bonds is 2. The summed E-state index contributed by atoms with van der Waals surface area (Å²) >= 11 is 0. The zero-order valence-corrected chi connectivity index (χ0v) is 9.78. The van der Waals surface area contributed by atoms with Crippen LogP contribution in [0.1, 0.15) is 42.6 Å². The fraction of sp³-hybridized carbons (Fsp3) is 0.750. The predicted molar refractivity (Wildman–Crippen MR) is 61.4 cm³/mol. The van der Waals surface area contributed by atoms with Crippen molar-refractivity contribution < 1.29 is 4.74 Å². The van der Waals surface area contributed by atoms with Gasteiger partial charge in [0.05, 0.1) is 12.2 Å². The minimum atomic E-state index is 0.517. The highest BCUT2D eigenvalue weighted by atomic mass is 16.5. The molecule has 1 N–H and O–H groups in total. The van der Waals surface area contributed by atoms with Crippen molar-refractivity contribution in [3.05, 3.63) is 17.5 Å². The Kier molecular flexibility index (Phi) is 2.69. The third-order valence-corrected chi connectivity index (χ3v) is 3.86. The molecular weight excluding hydrogens is 202 g/mol. The standard InChI is InChI=1S/C12H19N3O/c1-13-11-2-3-12-10(11)8-14-15(12)9-4-6-16-7-5-9/h8-9,11,13H,2-7H2,1H3/t11-/m0/s1. The van der Waals surface area contributed by atoms with E-state index in [1.807, 2.05) is 7.05 Å². The fourth-order valence-corrected chi connectivity index (χ4v) is 2.93. The Morgan fingerprint density at radius 1 is 1.38 bits per heavy atom. The summed E-state index contributed by atoms with van der Waals surface area (Å²) in [6, 6.07) is 1.08. The van der Waals surface area contributed by atoms with Crippen LogP contribution in [0.25, 0.3) is 0 Å². The van der Waals surface area contributed by atoms with Crippen molar-refractivity contribution in [2.75, 3.05) is 20.3 Å². The van der Waals surface area contributed by atoms with Gasteiger partial charge in [-0.3, -0.25) is 4.68 Å². The van der Waals surface area contributed by atoms with Gasteiger partial charge in [0.25, 0.3) is 0 Å². The van der Waals surface area contributed by atoms with Crippen LogP contribution in [0, 0.1) is 0 Å². The third-order valence-electron chi connectivity index (χ3n) is 3.86. The number of nitrogens with zero attached hydrogens (tertiary/aromatic N) is 2. The van der Waals surface area contributed by atoms with E-state index < -0.39 is 0 Å². The molecule has 0 radical (unpaired) electrons. The largest absolute Gasteiger partial charge is 0.381 e. The molecule has 1 aromatic heterocycles. The van der Waals surface area contributed by atoms with Crippen molar-refractivity contribution in [1.29, 1.82) is 0 Å². The van der Waals surface area contributed by atoms with Gasteiger partial charge in [0.15, 0.2) is 0 Å². The van der Waals surface area contributed by atoms with Crippen LogP contribution in [0.2, 0.25) is 0 Å². The summed E-state index contributed by atoms with van der Waals surface area (Å²) in [7, 11) is 2.03. The Balaban J connectivity index is 1.86. The van der Waals surface area contributed by atoms with Crippen LogP contribution in [0.15, 0.2) is 6.20 Å². The molecule has 0 saturated carbocycles. The van der Waals surface area contributed by atoms with Crippen LogP contribution in [0.3, 0.4) is 0 Å². The molecular formula is C12H19N3O. The van der Waals surface area contributed by atoms with Crippen LogP contribution in [0.4, 0.5) is 0 Å². The van der Waals surface area contributed by atoms with Gasteiger partial charge < -0.3 is 10.1 Å². The van der Waals surface area contributed by atoms with Gasteiger partial charge in [-0.15, -0.1) is 0 Å². The quantitative estimate of drug-likeness (QED) is 0.821. The van der Waals surface area contributed by atoms with Gasteiger partial charge in [-0.25, -0.2) is 0 Å². The second-order valence-corrected chi connectivity index (χ2v) is 4.71. The molecule has 1 aliphatic carbocycles. The smallest absolute Gasteiger partial charge is 0.0566 e. The molecule has 0 aromatic carbocycles. The van der Waals surface area contributed by atoms with Crippen LogP contribution >= 0.6 is 0 Å². The molecule has 0 bridgehead atoms. The van der Waals surface area contributed by atoms with Crippen LogP contribution in [-0.2, 0) is 11.2 Å². The van der Waals surface area contributed by atoms with Gasteiger partial charge in [-0.05, 0) is 32.7 Å². The van der Waals surface area contributed by atoms with Gasteiger partial charge in [0.2, 0.25) is 0 Å². The number of aromatic nitrogens is 2. The Morgan fingerprint density at radius 3 is 2.94 bits per heavy atom. The molecule has 16 heavy (non-hydrogen) atoms. The molecule has 1 saturated heterocycles. The molecule has 2 heterocycles. The molecule has 1 atom stereocenters. The van der Waals surface area contributed by atoms with E-state index in [9.17, 15) is 0 Å². The zero-order valence-electron chi connectivity index (χ0n) is 9.78. The molecule has 0 amide bonds. The van der Waals surface area contributed by atoms with Crippen molar-refractivity contribution in [2.24, 2.45) is 0 Å². The molecule has 88 valence electrons. The van der Waals surface area contributed by atoms with E-state index in [4.69, 9.17) is 4.74 Å². The molecule has 1 fully saturated rings. The van der Waals surface area contributed by atoms with E-state index in [0.717, 1.165) is 32.5 Å². The summed E-state index contributed by atoms with van der Waals surface area (Å²) in [5, 5.41) is 7.94. The first-order chi connectivity index (χ1) is 7.90.